The first-order valence-corrected chi connectivity index (χ1v) is 20.7. The number of rotatable bonds is 11. The molecule has 306 valence electrons. The van der Waals surface area contributed by atoms with Crippen LogP contribution in [-0.4, -0.2) is 28.4 Å². The number of methoxy groups -OCH3 is 4. The molecule has 63 heavy (non-hydrogen) atoms. The van der Waals surface area contributed by atoms with Gasteiger partial charge in [-0.25, -0.2) is 0 Å². The van der Waals surface area contributed by atoms with Crippen LogP contribution >= 0.6 is 0 Å². The molecule has 0 radical (unpaired) electrons. The van der Waals surface area contributed by atoms with Gasteiger partial charge in [-0.15, -0.1) is 0 Å². The number of anilines is 6. The molecule has 0 spiro atoms. The van der Waals surface area contributed by atoms with Crippen LogP contribution in [-0.2, 0) is 0 Å². The van der Waals surface area contributed by atoms with Crippen LogP contribution in [0.4, 0.5) is 34.1 Å². The van der Waals surface area contributed by atoms with Crippen molar-refractivity contribution in [3.8, 4) is 46.7 Å². The van der Waals surface area contributed by atoms with Crippen LogP contribution in [0.15, 0.2) is 188 Å². The van der Waals surface area contributed by atoms with Crippen molar-refractivity contribution in [3.05, 3.63) is 227 Å². The smallest absolute Gasteiger partial charge is 0.119 e. The van der Waals surface area contributed by atoms with Gasteiger partial charge >= 0.3 is 0 Å². The van der Waals surface area contributed by atoms with Gasteiger partial charge in [0.1, 0.15) is 23.0 Å². The molecular weight excluding hydrogens is 777 g/mol. The Morgan fingerprint density at radius 3 is 0.952 bits per heavy atom. The third-order valence-electron chi connectivity index (χ3n) is 11.3. The largest absolute Gasteiger partial charge is 0.497 e. The van der Waals surface area contributed by atoms with E-state index in [1.807, 2.05) is 72.8 Å². The Morgan fingerprint density at radius 2 is 0.619 bits per heavy atom. The Labute approximate surface area is 369 Å². The maximum atomic E-state index is 5.54. The monoisotopic (exact) mass is 820 g/mol. The minimum absolute atomic E-state index is 0.213. The van der Waals surface area contributed by atoms with Gasteiger partial charge in [-0.3, -0.25) is 0 Å². The molecule has 1 aliphatic rings. The van der Waals surface area contributed by atoms with Crippen molar-refractivity contribution in [3.63, 3.8) is 0 Å². The number of hydrogen-bond donors (Lipinski definition) is 0. The molecule has 0 heterocycles. The Balaban J connectivity index is 1.27. The van der Waals surface area contributed by atoms with E-state index < -0.39 is 0 Å². The molecule has 6 heteroatoms. The minimum atomic E-state index is -0.213. The Morgan fingerprint density at radius 1 is 0.317 bits per heavy atom. The van der Waals surface area contributed by atoms with Crippen LogP contribution in [0.3, 0.4) is 0 Å². The topological polar surface area (TPSA) is 43.4 Å². The number of hydrogen-bond acceptors (Lipinski definition) is 6. The summed E-state index contributed by atoms with van der Waals surface area (Å²) >= 11 is 0. The van der Waals surface area contributed by atoms with Crippen LogP contribution in [0.1, 0.15) is 44.9 Å². The van der Waals surface area contributed by atoms with Crippen molar-refractivity contribution >= 4 is 34.1 Å². The molecule has 0 fully saturated rings. The van der Waals surface area contributed by atoms with Crippen LogP contribution in [0.2, 0.25) is 0 Å². The van der Waals surface area contributed by atoms with E-state index >= 15 is 0 Å². The summed E-state index contributed by atoms with van der Waals surface area (Å²) in [6.45, 7) is 0. The standard InChI is InChI=1S/C57H44N2O4/c1-60-51-28-18-45(19-29-51)58(46-20-30-52(61-2)31-21-46)49-26-36-55-43(38-49)16-14-40-10-8-9-11-41(40)15-17-44-39-50(27-37-56(44)57(55)42-12-6-5-7-13-42)59(47-22-32-53(62-3)33-23-47)48-24-34-54(63-4)35-25-48/h5-13,18-39,57H,1-4H3. The van der Waals surface area contributed by atoms with Crippen molar-refractivity contribution in [2.75, 3.05) is 38.2 Å². The van der Waals surface area contributed by atoms with Gasteiger partial charge in [0, 0.05) is 62.3 Å². The van der Waals surface area contributed by atoms with Gasteiger partial charge in [0.05, 0.1) is 28.4 Å². The summed E-state index contributed by atoms with van der Waals surface area (Å²) in [6.07, 6.45) is 0. The average molecular weight is 821 g/mol. The third-order valence-corrected chi connectivity index (χ3v) is 11.3. The van der Waals surface area contributed by atoms with Crippen LogP contribution in [0.25, 0.3) is 0 Å². The highest BCUT2D eigenvalue weighted by atomic mass is 16.5. The minimum Gasteiger partial charge on any atom is -0.497 e. The van der Waals surface area contributed by atoms with Crippen molar-refractivity contribution in [1.29, 1.82) is 0 Å². The van der Waals surface area contributed by atoms with Gasteiger partial charge in [-0.2, -0.15) is 0 Å². The molecule has 0 saturated heterocycles. The first kappa shape index (κ1) is 40.1. The van der Waals surface area contributed by atoms with Gasteiger partial charge in [-0.1, -0.05) is 78.3 Å². The number of fused-ring (bicyclic) bond motifs is 3. The van der Waals surface area contributed by atoms with E-state index in [1.54, 1.807) is 28.4 Å². The first-order valence-electron chi connectivity index (χ1n) is 20.7. The lowest BCUT2D eigenvalue weighted by Crippen LogP contribution is -2.13. The summed E-state index contributed by atoms with van der Waals surface area (Å²) in [5.41, 5.74) is 12.6. The van der Waals surface area contributed by atoms with Crippen molar-refractivity contribution in [1.82, 2.24) is 0 Å². The van der Waals surface area contributed by atoms with E-state index in [0.717, 1.165) is 96.1 Å². The maximum absolute atomic E-state index is 5.54. The van der Waals surface area contributed by atoms with Crippen LogP contribution in [0.5, 0.6) is 23.0 Å². The predicted molar refractivity (Wildman–Crippen MR) is 254 cm³/mol. The molecule has 0 bridgehead atoms. The van der Waals surface area contributed by atoms with E-state index in [0.29, 0.717) is 0 Å². The normalized spacial score (nSPS) is 11.4. The second-order valence-corrected chi connectivity index (χ2v) is 14.9. The highest BCUT2D eigenvalue weighted by Crippen LogP contribution is 2.43. The molecule has 0 atom stereocenters. The van der Waals surface area contributed by atoms with Gasteiger partial charge in [0.15, 0.2) is 0 Å². The second-order valence-electron chi connectivity index (χ2n) is 14.9. The Bertz CT molecular complexity index is 2710. The van der Waals surface area contributed by atoms with Crippen molar-refractivity contribution in [2.45, 2.75) is 5.92 Å². The van der Waals surface area contributed by atoms with Gasteiger partial charge in [0.25, 0.3) is 0 Å². The molecular formula is C57H44N2O4. The quantitative estimate of drug-likeness (QED) is 0.121. The zero-order valence-electron chi connectivity index (χ0n) is 35.5. The fourth-order valence-electron chi connectivity index (χ4n) is 8.05. The summed E-state index contributed by atoms with van der Waals surface area (Å²) in [5, 5.41) is 0. The van der Waals surface area contributed by atoms with E-state index in [2.05, 4.69) is 149 Å². The third kappa shape index (κ3) is 8.40. The molecule has 8 aromatic rings. The van der Waals surface area contributed by atoms with E-state index in [4.69, 9.17) is 18.9 Å². The van der Waals surface area contributed by atoms with Crippen LogP contribution in [0, 0.1) is 23.7 Å². The van der Waals surface area contributed by atoms with E-state index in [1.165, 1.54) is 0 Å². The second kappa shape index (κ2) is 18.1. The molecule has 0 aliphatic heterocycles. The molecule has 0 amide bonds. The average Bonchev–Trinajstić information content (AvgIpc) is 3.37. The highest BCUT2D eigenvalue weighted by molar-refractivity contribution is 5.81. The molecule has 9 rings (SSSR count). The lowest BCUT2D eigenvalue weighted by Gasteiger charge is -2.29. The summed E-state index contributed by atoms with van der Waals surface area (Å²) in [5.74, 6) is 17.3. The van der Waals surface area contributed by atoms with Gasteiger partial charge in [0.2, 0.25) is 0 Å². The fraction of sp³-hybridized carbons (Fsp3) is 0.0877. The summed E-state index contributed by atoms with van der Waals surface area (Å²) < 4.78 is 22.2. The lowest BCUT2D eigenvalue weighted by atomic mass is 9.80. The zero-order valence-corrected chi connectivity index (χ0v) is 35.5. The summed E-state index contributed by atoms with van der Waals surface area (Å²) in [4.78, 5) is 4.46. The van der Waals surface area contributed by atoms with Crippen molar-refractivity contribution in [2.24, 2.45) is 0 Å². The lowest BCUT2D eigenvalue weighted by molar-refractivity contribution is 0.414. The predicted octanol–water partition coefficient (Wildman–Crippen LogP) is 13.0. The molecule has 1 aliphatic carbocycles. The Hall–Kier alpha value is -8.32. The van der Waals surface area contributed by atoms with Crippen LogP contribution < -0.4 is 28.7 Å². The molecule has 0 saturated carbocycles. The van der Waals surface area contributed by atoms with Gasteiger partial charge in [-0.05, 0) is 150 Å². The van der Waals surface area contributed by atoms with E-state index in [9.17, 15) is 0 Å². The zero-order chi connectivity index (χ0) is 43.1. The number of nitrogens with zero attached hydrogens (tertiary/aromatic N) is 2. The Kier molecular flexibility index (Phi) is 11.5. The van der Waals surface area contributed by atoms with Crippen molar-refractivity contribution < 1.29 is 18.9 Å². The molecule has 6 nitrogen and oxygen atoms in total. The molecule has 0 N–H and O–H groups in total. The number of benzene rings is 8. The van der Waals surface area contributed by atoms with Gasteiger partial charge < -0.3 is 28.7 Å². The maximum Gasteiger partial charge on any atom is 0.119 e. The van der Waals surface area contributed by atoms with E-state index in [-0.39, 0.29) is 5.92 Å². The SMILES string of the molecule is COc1ccc(N(c2ccc(OC)cc2)c2ccc3c(c2)C#Cc2ccccc2C#Cc2cc(N(c4ccc(OC)cc4)c4ccc(OC)cc4)ccc2C3c2ccccc2)cc1. The molecule has 0 unspecified atom stereocenters. The summed E-state index contributed by atoms with van der Waals surface area (Å²) in [6, 6.07) is 64.4. The molecule has 0 aromatic heterocycles. The fourth-order valence-corrected chi connectivity index (χ4v) is 8.05. The molecule has 8 aromatic carbocycles. The summed E-state index contributed by atoms with van der Waals surface area (Å²) in [7, 11) is 6.72. The number of ether oxygens (including phenoxy) is 4. The highest BCUT2D eigenvalue weighted by Gasteiger charge is 2.25. The first-order chi connectivity index (χ1) is 31.0.